The Bertz CT molecular complexity index is 402. The maximum absolute atomic E-state index is 12.6. The lowest BCUT2D eigenvalue weighted by Gasteiger charge is -2.25. The first-order valence-corrected chi connectivity index (χ1v) is 3.74. The fourth-order valence-corrected chi connectivity index (χ4v) is 0.736. The fraction of sp³-hybridized carbons (Fsp3) is 0.833. The Morgan fingerprint density at radius 1 is 1.00 bits per heavy atom. The maximum Gasteiger partial charge on any atom is 0.438 e. The van der Waals surface area contributed by atoms with Crippen LogP contribution in [0.1, 0.15) is 0 Å². The van der Waals surface area contributed by atoms with E-state index >= 15 is 0 Å². The van der Waals surface area contributed by atoms with Crippen molar-refractivity contribution < 1.29 is 49.0 Å². The number of epoxide rings is 1. The van der Waals surface area contributed by atoms with Gasteiger partial charge in [0.05, 0.1) is 0 Å². The molecule has 18 heavy (non-hydrogen) atoms. The van der Waals surface area contributed by atoms with Gasteiger partial charge in [-0.3, -0.25) is 4.74 Å². The van der Waals surface area contributed by atoms with Crippen molar-refractivity contribution in [1.29, 1.82) is 5.26 Å². The van der Waals surface area contributed by atoms with Gasteiger partial charge < -0.3 is 0 Å². The quantitative estimate of drug-likeness (QED) is 0.590. The van der Waals surface area contributed by atoms with Gasteiger partial charge in [-0.2, -0.15) is 44.8 Å². The molecular weight excluding hydrogens is 289 g/mol. The van der Waals surface area contributed by atoms with E-state index in [2.05, 4.69) is 4.74 Å². The highest BCUT2D eigenvalue weighted by molar-refractivity contribution is 5.03. The maximum atomic E-state index is 12.6. The van der Waals surface area contributed by atoms with Crippen LogP contribution in [0.2, 0.25) is 0 Å². The molecule has 0 aromatic carbocycles. The zero-order chi connectivity index (χ0) is 14.6. The van der Waals surface area contributed by atoms with Crippen LogP contribution in [0.4, 0.5) is 39.5 Å². The molecule has 0 radical (unpaired) electrons. The molecule has 104 valence electrons. The van der Waals surface area contributed by atoms with Crippen molar-refractivity contribution in [3.05, 3.63) is 0 Å². The monoisotopic (exact) mass is 289 g/mol. The smallest absolute Gasteiger partial charge is 0.263 e. The molecule has 1 heterocycles. The molecule has 1 fully saturated rings. The molecule has 0 aromatic heterocycles. The van der Waals surface area contributed by atoms with Crippen molar-refractivity contribution >= 4 is 0 Å². The molecule has 0 bridgehead atoms. The van der Waals surface area contributed by atoms with E-state index in [1.54, 1.807) is 0 Å². The molecule has 1 aliphatic heterocycles. The Morgan fingerprint density at radius 2 is 1.39 bits per heavy atom. The van der Waals surface area contributed by atoms with E-state index < -0.39 is 36.2 Å². The van der Waals surface area contributed by atoms with Crippen LogP contribution in [0.3, 0.4) is 0 Å². The second-order valence-electron chi connectivity index (χ2n) is 3.04. The van der Waals surface area contributed by atoms with Gasteiger partial charge >= 0.3 is 30.1 Å². The predicted octanol–water partition coefficient (Wildman–Crippen LogP) is 2.64. The largest absolute Gasteiger partial charge is 0.438 e. The third-order valence-electron chi connectivity index (χ3n) is 1.74. The molecule has 3 nitrogen and oxygen atoms in total. The van der Waals surface area contributed by atoms with Crippen molar-refractivity contribution in [3.8, 4) is 6.07 Å². The van der Waals surface area contributed by atoms with Gasteiger partial charge in [0.1, 0.15) is 6.07 Å². The molecule has 1 atom stereocenters. The molecular formula is C6F9NO2. The van der Waals surface area contributed by atoms with Crippen LogP contribution in [0.5, 0.6) is 0 Å². The second kappa shape index (κ2) is 3.41. The van der Waals surface area contributed by atoms with Crippen LogP contribution < -0.4 is 0 Å². The van der Waals surface area contributed by atoms with Crippen LogP contribution >= 0.6 is 0 Å². The number of hydrogen-bond acceptors (Lipinski definition) is 3. The molecule has 0 saturated carbocycles. The highest BCUT2D eigenvalue weighted by Crippen LogP contribution is 2.61. The lowest BCUT2D eigenvalue weighted by Crippen LogP contribution is -2.51. The molecule has 1 saturated heterocycles. The molecule has 1 unspecified atom stereocenters. The molecule has 0 spiro atoms. The van der Waals surface area contributed by atoms with Gasteiger partial charge in [0.15, 0.2) is 0 Å². The van der Waals surface area contributed by atoms with Crippen molar-refractivity contribution in [1.82, 2.24) is 0 Å². The molecule has 0 amide bonds. The van der Waals surface area contributed by atoms with Gasteiger partial charge in [0.25, 0.3) is 0 Å². The van der Waals surface area contributed by atoms with E-state index in [1.807, 2.05) is 4.74 Å². The first-order chi connectivity index (χ1) is 7.72. The number of halogens is 9. The molecule has 12 heteroatoms. The number of alkyl halides is 9. The molecule has 0 aromatic rings. The lowest BCUT2D eigenvalue weighted by atomic mass is 10.3. The molecule has 1 aliphatic rings. The van der Waals surface area contributed by atoms with Gasteiger partial charge in [-0.25, -0.2) is 4.74 Å². The number of ether oxygens (including phenoxy) is 2. The minimum absolute atomic E-state index is 0.396. The van der Waals surface area contributed by atoms with Crippen molar-refractivity contribution in [2.45, 2.75) is 30.1 Å². The fourth-order valence-electron chi connectivity index (χ4n) is 0.736. The van der Waals surface area contributed by atoms with Crippen LogP contribution in [0.25, 0.3) is 0 Å². The third-order valence-corrected chi connectivity index (χ3v) is 1.74. The zero-order valence-corrected chi connectivity index (χ0v) is 7.67. The van der Waals surface area contributed by atoms with E-state index in [0.29, 0.717) is 0 Å². The Morgan fingerprint density at radius 3 is 1.67 bits per heavy atom. The van der Waals surface area contributed by atoms with Crippen LogP contribution in [0.15, 0.2) is 0 Å². The van der Waals surface area contributed by atoms with Crippen LogP contribution in [-0.4, -0.2) is 30.1 Å². The van der Waals surface area contributed by atoms with E-state index in [0.717, 1.165) is 0 Å². The van der Waals surface area contributed by atoms with Crippen molar-refractivity contribution in [2.24, 2.45) is 0 Å². The summed E-state index contributed by atoms with van der Waals surface area (Å²) >= 11 is 0. The first kappa shape index (κ1) is 14.8. The Balaban J connectivity index is 2.96. The van der Waals surface area contributed by atoms with Gasteiger partial charge in [0.2, 0.25) is 0 Å². The minimum atomic E-state index is -6.20. The molecule has 0 aliphatic carbocycles. The summed E-state index contributed by atoms with van der Waals surface area (Å²) in [6.07, 6.45) is -17.5. The molecule has 1 rings (SSSR count). The summed E-state index contributed by atoms with van der Waals surface area (Å²) in [6.45, 7) is 0. The standard InChI is InChI=1S/C6F9NO2/c7-2(8,1-16)4(10,11)18-6(14,15)3(9)5(12,13)17-3. The minimum Gasteiger partial charge on any atom is -0.263 e. The average molecular weight is 289 g/mol. The Kier molecular flexibility index (Phi) is 2.81. The average Bonchev–Trinajstić information content (AvgIpc) is 2.66. The van der Waals surface area contributed by atoms with E-state index in [4.69, 9.17) is 5.26 Å². The Hall–Kier alpha value is -1.22. The molecule has 0 N–H and O–H groups in total. The van der Waals surface area contributed by atoms with Crippen molar-refractivity contribution in [3.63, 3.8) is 0 Å². The summed E-state index contributed by atoms with van der Waals surface area (Å²) in [5.41, 5.74) is 0. The lowest BCUT2D eigenvalue weighted by molar-refractivity contribution is -0.444. The first-order valence-electron chi connectivity index (χ1n) is 3.74. The highest BCUT2D eigenvalue weighted by atomic mass is 19.3. The predicted molar refractivity (Wildman–Crippen MR) is 31.4 cm³/mol. The van der Waals surface area contributed by atoms with E-state index in [-0.39, 0.29) is 0 Å². The number of nitriles is 1. The van der Waals surface area contributed by atoms with Gasteiger partial charge in [-0.15, -0.1) is 0 Å². The topological polar surface area (TPSA) is 45.5 Å². The van der Waals surface area contributed by atoms with E-state index in [9.17, 15) is 39.5 Å². The van der Waals surface area contributed by atoms with Crippen LogP contribution in [-0.2, 0) is 9.47 Å². The Labute approximate surface area is 91.7 Å². The van der Waals surface area contributed by atoms with Crippen LogP contribution in [0, 0.1) is 11.3 Å². The normalized spacial score (nSPS) is 27.8. The zero-order valence-electron chi connectivity index (χ0n) is 7.67. The van der Waals surface area contributed by atoms with Gasteiger partial charge in [-0.05, 0) is 0 Å². The number of nitrogens with zero attached hydrogens (tertiary/aromatic N) is 1. The summed E-state index contributed by atoms with van der Waals surface area (Å²) < 4.78 is 115. The number of hydrogen-bond donors (Lipinski definition) is 0. The van der Waals surface area contributed by atoms with E-state index in [1.165, 1.54) is 0 Å². The number of rotatable bonds is 4. The summed E-state index contributed by atoms with van der Waals surface area (Å²) in [7, 11) is 0. The summed E-state index contributed by atoms with van der Waals surface area (Å²) in [5, 5.41) is 7.57. The highest BCUT2D eigenvalue weighted by Gasteiger charge is 2.91. The SMILES string of the molecule is N#CC(F)(F)C(F)(F)OC(F)(F)C1(F)OC1(F)F. The summed E-state index contributed by atoms with van der Waals surface area (Å²) in [6, 6.07) is -0.396. The van der Waals surface area contributed by atoms with Crippen molar-refractivity contribution in [2.75, 3.05) is 0 Å². The third kappa shape index (κ3) is 1.87. The second-order valence-corrected chi connectivity index (χ2v) is 3.04. The van der Waals surface area contributed by atoms with Gasteiger partial charge in [0, 0.05) is 0 Å². The van der Waals surface area contributed by atoms with Gasteiger partial charge in [-0.1, -0.05) is 0 Å². The summed E-state index contributed by atoms with van der Waals surface area (Å²) in [5.74, 6) is -11.1. The summed E-state index contributed by atoms with van der Waals surface area (Å²) in [4.78, 5) is 0.